The number of piperidine rings is 1. The number of nitrogens with two attached hydrogens (primary N) is 1. The fraction of sp³-hybridized carbons (Fsp3) is 0.625. The van der Waals surface area contributed by atoms with Crippen LogP contribution in [-0.4, -0.2) is 24.5 Å². The van der Waals surface area contributed by atoms with E-state index in [1.54, 1.807) is 0 Å². The monoisotopic (exact) mass is 246 g/mol. The second-order valence-corrected chi connectivity index (χ2v) is 5.46. The van der Waals surface area contributed by atoms with Gasteiger partial charge in [-0.1, -0.05) is 36.2 Å². The van der Waals surface area contributed by atoms with Crippen LogP contribution in [0.1, 0.15) is 49.3 Å². The van der Waals surface area contributed by atoms with E-state index >= 15 is 0 Å². The first-order valence-electron chi connectivity index (χ1n) is 7.32. The largest absolute Gasteiger partial charge is 0.330 e. The molecule has 0 aromatic heterocycles. The molecule has 1 atom stereocenters. The van der Waals surface area contributed by atoms with Crippen molar-refractivity contribution < 1.29 is 0 Å². The van der Waals surface area contributed by atoms with E-state index in [4.69, 9.17) is 5.73 Å². The maximum absolute atomic E-state index is 5.70. The van der Waals surface area contributed by atoms with E-state index in [0.29, 0.717) is 6.04 Å². The van der Waals surface area contributed by atoms with Crippen LogP contribution in [0.5, 0.6) is 0 Å². The Balaban J connectivity index is 2.12. The molecule has 18 heavy (non-hydrogen) atoms. The summed E-state index contributed by atoms with van der Waals surface area (Å²) in [6, 6.07) is 9.57. The van der Waals surface area contributed by atoms with Crippen molar-refractivity contribution in [1.82, 2.24) is 4.90 Å². The maximum Gasteiger partial charge on any atom is 0.0348 e. The van der Waals surface area contributed by atoms with E-state index in [9.17, 15) is 0 Å². The number of likely N-dealkylation sites (tertiary alicyclic amines) is 1. The number of nitrogens with zero attached hydrogens (tertiary/aromatic N) is 1. The van der Waals surface area contributed by atoms with Gasteiger partial charge in [-0.25, -0.2) is 0 Å². The summed E-state index contributed by atoms with van der Waals surface area (Å²) in [5, 5.41) is 0. The molecule has 0 spiro atoms. The minimum absolute atomic E-state index is 0.578. The van der Waals surface area contributed by atoms with Crippen molar-refractivity contribution in [3.8, 4) is 0 Å². The van der Waals surface area contributed by atoms with Gasteiger partial charge >= 0.3 is 0 Å². The van der Waals surface area contributed by atoms with Crippen LogP contribution >= 0.6 is 0 Å². The Morgan fingerprint density at radius 1 is 1.22 bits per heavy atom. The third-order valence-electron chi connectivity index (χ3n) is 3.94. The normalized spacial score (nSPS) is 18.8. The molecule has 0 saturated carbocycles. The van der Waals surface area contributed by atoms with Gasteiger partial charge < -0.3 is 5.73 Å². The summed E-state index contributed by atoms with van der Waals surface area (Å²) >= 11 is 0. The lowest BCUT2D eigenvalue weighted by molar-refractivity contribution is 0.154. The van der Waals surface area contributed by atoms with E-state index in [-0.39, 0.29) is 0 Å². The molecule has 1 aliphatic heterocycles. The molecule has 2 N–H and O–H groups in total. The van der Waals surface area contributed by atoms with E-state index in [1.165, 1.54) is 49.9 Å². The third-order valence-corrected chi connectivity index (χ3v) is 3.94. The first-order valence-corrected chi connectivity index (χ1v) is 7.32. The highest BCUT2D eigenvalue weighted by Crippen LogP contribution is 2.28. The molecule has 2 nitrogen and oxygen atoms in total. The second kappa shape index (κ2) is 6.91. The second-order valence-electron chi connectivity index (χ2n) is 5.46. The van der Waals surface area contributed by atoms with Crippen molar-refractivity contribution in [2.45, 2.75) is 45.1 Å². The van der Waals surface area contributed by atoms with Crippen molar-refractivity contribution in [1.29, 1.82) is 0 Å². The maximum atomic E-state index is 5.70. The van der Waals surface area contributed by atoms with Crippen LogP contribution in [0.2, 0.25) is 0 Å². The third kappa shape index (κ3) is 3.56. The molecule has 100 valence electrons. The lowest BCUT2D eigenvalue weighted by Crippen LogP contribution is -2.34. The van der Waals surface area contributed by atoms with Gasteiger partial charge in [0, 0.05) is 6.04 Å². The highest BCUT2D eigenvalue weighted by Gasteiger charge is 2.21. The predicted molar refractivity (Wildman–Crippen MR) is 77.6 cm³/mol. The summed E-state index contributed by atoms with van der Waals surface area (Å²) in [7, 11) is 0. The van der Waals surface area contributed by atoms with Crippen LogP contribution in [0.25, 0.3) is 0 Å². The smallest absolute Gasteiger partial charge is 0.0348 e. The topological polar surface area (TPSA) is 29.3 Å². The van der Waals surface area contributed by atoms with Crippen LogP contribution in [0.4, 0.5) is 0 Å². The lowest BCUT2D eigenvalue weighted by atomic mass is 9.96. The molecule has 0 radical (unpaired) electrons. The molecule has 0 amide bonds. The average molecular weight is 246 g/mol. The minimum Gasteiger partial charge on any atom is -0.330 e. The number of rotatable bonds is 5. The van der Waals surface area contributed by atoms with Gasteiger partial charge in [0.15, 0.2) is 0 Å². The average Bonchev–Trinajstić information content (AvgIpc) is 2.40. The number of hydrogen-bond acceptors (Lipinski definition) is 2. The fourth-order valence-electron chi connectivity index (χ4n) is 2.98. The number of benzene rings is 1. The Hall–Kier alpha value is -0.860. The zero-order chi connectivity index (χ0) is 12.8. The van der Waals surface area contributed by atoms with Crippen molar-refractivity contribution in [2.75, 3.05) is 19.6 Å². The van der Waals surface area contributed by atoms with E-state index in [1.807, 2.05) is 0 Å². The molecule has 0 bridgehead atoms. The van der Waals surface area contributed by atoms with Crippen LogP contribution < -0.4 is 5.73 Å². The Morgan fingerprint density at radius 2 is 2.00 bits per heavy atom. The highest BCUT2D eigenvalue weighted by molar-refractivity contribution is 5.25. The summed E-state index contributed by atoms with van der Waals surface area (Å²) in [4.78, 5) is 2.66. The number of hydrogen-bond donors (Lipinski definition) is 1. The molecule has 0 aliphatic carbocycles. The summed E-state index contributed by atoms with van der Waals surface area (Å²) in [6.07, 6.45) is 6.42. The standard InChI is InChI=1S/C16H26N2/c1-14-7-5-8-15(13-14)16(9-6-10-17)18-11-3-2-4-12-18/h5,7-8,13,16H,2-4,6,9-12,17H2,1H3. The molecule has 1 unspecified atom stereocenters. The first-order chi connectivity index (χ1) is 8.81. The van der Waals surface area contributed by atoms with Crippen LogP contribution in [0.3, 0.4) is 0 Å². The van der Waals surface area contributed by atoms with Crippen molar-refractivity contribution in [3.05, 3.63) is 35.4 Å². The summed E-state index contributed by atoms with van der Waals surface area (Å²) in [5.74, 6) is 0. The van der Waals surface area contributed by atoms with E-state index in [0.717, 1.165) is 13.0 Å². The Labute approximate surface area is 111 Å². The van der Waals surface area contributed by atoms with Gasteiger partial charge in [0.05, 0.1) is 0 Å². The quantitative estimate of drug-likeness (QED) is 0.864. The molecule has 2 heteroatoms. The lowest BCUT2D eigenvalue weighted by Gasteiger charge is -2.35. The Bertz CT molecular complexity index is 356. The molecular weight excluding hydrogens is 220 g/mol. The van der Waals surface area contributed by atoms with Gasteiger partial charge in [-0.2, -0.15) is 0 Å². The van der Waals surface area contributed by atoms with Gasteiger partial charge in [-0.3, -0.25) is 4.90 Å². The molecular formula is C16H26N2. The fourth-order valence-corrected chi connectivity index (χ4v) is 2.98. The van der Waals surface area contributed by atoms with E-state index in [2.05, 4.69) is 36.1 Å². The van der Waals surface area contributed by atoms with Gasteiger partial charge in [0.1, 0.15) is 0 Å². The molecule has 1 fully saturated rings. The molecule has 1 aromatic rings. The highest BCUT2D eigenvalue weighted by atomic mass is 15.2. The Kier molecular flexibility index (Phi) is 5.21. The van der Waals surface area contributed by atoms with Crippen LogP contribution in [-0.2, 0) is 0 Å². The minimum atomic E-state index is 0.578. The molecule has 1 aromatic carbocycles. The molecule has 1 saturated heterocycles. The zero-order valence-corrected chi connectivity index (χ0v) is 11.6. The van der Waals surface area contributed by atoms with Crippen molar-refractivity contribution in [2.24, 2.45) is 5.73 Å². The van der Waals surface area contributed by atoms with E-state index < -0.39 is 0 Å². The van der Waals surface area contributed by atoms with Gasteiger partial charge in [-0.15, -0.1) is 0 Å². The van der Waals surface area contributed by atoms with Gasteiger partial charge in [0.25, 0.3) is 0 Å². The summed E-state index contributed by atoms with van der Waals surface area (Å²) < 4.78 is 0. The van der Waals surface area contributed by atoms with Crippen LogP contribution in [0.15, 0.2) is 24.3 Å². The first kappa shape index (κ1) is 13.6. The van der Waals surface area contributed by atoms with Gasteiger partial charge in [0.2, 0.25) is 0 Å². The van der Waals surface area contributed by atoms with Crippen LogP contribution in [0, 0.1) is 6.92 Å². The molecule has 1 heterocycles. The Morgan fingerprint density at radius 3 is 2.67 bits per heavy atom. The molecule has 2 rings (SSSR count). The molecule has 1 aliphatic rings. The van der Waals surface area contributed by atoms with Crippen molar-refractivity contribution >= 4 is 0 Å². The SMILES string of the molecule is Cc1cccc(C(CCCN)N2CCCCC2)c1. The summed E-state index contributed by atoms with van der Waals surface area (Å²) in [6.45, 7) is 5.49. The van der Waals surface area contributed by atoms with Crippen molar-refractivity contribution in [3.63, 3.8) is 0 Å². The number of aryl methyl sites for hydroxylation is 1. The predicted octanol–water partition coefficient (Wildman–Crippen LogP) is 3.26. The zero-order valence-electron chi connectivity index (χ0n) is 11.6. The summed E-state index contributed by atoms with van der Waals surface area (Å²) in [5.41, 5.74) is 8.54. The van der Waals surface area contributed by atoms with Gasteiger partial charge in [-0.05, 0) is 57.8 Å².